The fraction of sp³-hybridized carbons (Fsp3) is 0.316. The van der Waals surface area contributed by atoms with Crippen LogP contribution >= 0.6 is 23.2 Å². The topological polar surface area (TPSA) is 38.3 Å². The van der Waals surface area contributed by atoms with Crippen LogP contribution in [0.2, 0.25) is 10.0 Å². The molecule has 0 unspecified atom stereocenters. The Bertz CT molecular complexity index is 672. The average molecular weight is 366 g/mol. The van der Waals surface area contributed by atoms with Crippen molar-refractivity contribution in [2.45, 2.75) is 32.7 Å². The smallest absolute Gasteiger partial charge is 0.251 e. The SMILES string of the molecule is CCCCCOc1ccc(C(=O)NCc2ccc(Cl)cc2Cl)cc1. The fourth-order valence-corrected chi connectivity index (χ4v) is 2.66. The van der Waals surface area contributed by atoms with Crippen LogP contribution in [0.15, 0.2) is 42.5 Å². The van der Waals surface area contributed by atoms with Gasteiger partial charge in [0.25, 0.3) is 5.91 Å². The zero-order chi connectivity index (χ0) is 17.4. The molecule has 1 amide bonds. The molecule has 0 heterocycles. The average Bonchev–Trinajstić information content (AvgIpc) is 2.58. The molecule has 0 aliphatic rings. The zero-order valence-electron chi connectivity index (χ0n) is 13.6. The summed E-state index contributed by atoms with van der Waals surface area (Å²) in [6.07, 6.45) is 3.37. The number of rotatable bonds is 8. The second-order valence-electron chi connectivity index (χ2n) is 5.50. The van der Waals surface area contributed by atoms with Crippen molar-refractivity contribution in [3.8, 4) is 5.75 Å². The lowest BCUT2D eigenvalue weighted by Gasteiger charge is -2.09. The molecule has 0 saturated carbocycles. The van der Waals surface area contributed by atoms with Crippen molar-refractivity contribution in [1.82, 2.24) is 5.32 Å². The van der Waals surface area contributed by atoms with Crippen LogP contribution in [0, 0.1) is 0 Å². The van der Waals surface area contributed by atoms with Crippen LogP contribution in [0.5, 0.6) is 5.75 Å². The van der Waals surface area contributed by atoms with Gasteiger partial charge < -0.3 is 10.1 Å². The Hall–Kier alpha value is -1.71. The standard InChI is InChI=1S/C19H21Cl2NO2/c1-2-3-4-11-24-17-9-6-14(7-10-17)19(23)22-13-15-5-8-16(20)12-18(15)21/h5-10,12H,2-4,11,13H2,1H3,(H,22,23). The molecule has 0 aliphatic carbocycles. The number of unbranched alkanes of at least 4 members (excludes halogenated alkanes) is 2. The molecule has 1 N–H and O–H groups in total. The van der Waals surface area contributed by atoms with Crippen molar-refractivity contribution in [3.63, 3.8) is 0 Å². The lowest BCUT2D eigenvalue weighted by molar-refractivity contribution is 0.0951. The van der Waals surface area contributed by atoms with Crippen molar-refractivity contribution in [3.05, 3.63) is 63.6 Å². The van der Waals surface area contributed by atoms with Crippen LogP contribution in [-0.2, 0) is 6.54 Å². The third-order valence-corrected chi connectivity index (χ3v) is 4.17. The predicted molar refractivity (Wildman–Crippen MR) is 99.1 cm³/mol. The largest absolute Gasteiger partial charge is 0.494 e. The van der Waals surface area contributed by atoms with Crippen molar-refractivity contribution in [2.24, 2.45) is 0 Å². The maximum Gasteiger partial charge on any atom is 0.251 e. The number of nitrogens with one attached hydrogen (secondary N) is 1. The van der Waals surface area contributed by atoms with Crippen molar-refractivity contribution in [1.29, 1.82) is 0 Å². The highest BCUT2D eigenvalue weighted by Gasteiger charge is 2.07. The third kappa shape index (κ3) is 5.73. The number of hydrogen-bond donors (Lipinski definition) is 1. The Labute approximate surface area is 152 Å². The van der Waals surface area contributed by atoms with Crippen LogP contribution in [-0.4, -0.2) is 12.5 Å². The molecule has 0 saturated heterocycles. The number of carbonyl (C=O) groups is 1. The van der Waals surface area contributed by atoms with E-state index in [0.29, 0.717) is 28.8 Å². The first kappa shape index (κ1) is 18.6. The van der Waals surface area contributed by atoms with E-state index in [0.717, 1.165) is 24.2 Å². The van der Waals surface area contributed by atoms with E-state index in [9.17, 15) is 4.79 Å². The van der Waals surface area contributed by atoms with Gasteiger partial charge in [-0.1, -0.05) is 49.0 Å². The number of ether oxygens (including phenoxy) is 1. The zero-order valence-corrected chi connectivity index (χ0v) is 15.2. The molecule has 0 spiro atoms. The van der Waals surface area contributed by atoms with Gasteiger partial charge in [-0.2, -0.15) is 0 Å². The van der Waals surface area contributed by atoms with Crippen molar-refractivity contribution < 1.29 is 9.53 Å². The minimum absolute atomic E-state index is 0.154. The van der Waals surface area contributed by atoms with E-state index in [-0.39, 0.29) is 5.91 Å². The quantitative estimate of drug-likeness (QED) is 0.627. The predicted octanol–water partition coefficient (Wildman–Crippen LogP) is 5.49. The molecular formula is C19H21Cl2NO2. The van der Waals surface area contributed by atoms with E-state index in [1.807, 2.05) is 12.1 Å². The van der Waals surface area contributed by atoms with Gasteiger partial charge >= 0.3 is 0 Å². The second kappa shape index (κ2) is 9.55. The van der Waals surface area contributed by atoms with Gasteiger partial charge in [-0.05, 0) is 48.4 Å². The van der Waals surface area contributed by atoms with Gasteiger partial charge in [-0.25, -0.2) is 0 Å². The summed E-state index contributed by atoms with van der Waals surface area (Å²) < 4.78 is 5.64. The summed E-state index contributed by atoms with van der Waals surface area (Å²) in [4.78, 5) is 12.2. The van der Waals surface area contributed by atoms with Gasteiger partial charge in [0.2, 0.25) is 0 Å². The van der Waals surface area contributed by atoms with E-state index in [1.54, 1.807) is 30.3 Å². The molecule has 5 heteroatoms. The molecule has 2 aromatic carbocycles. The summed E-state index contributed by atoms with van der Waals surface area (Å²) >= 11 is 12.0. The molecule has 3 nitrogen and oxygen atoms in total. The van der Waals surface area contributed by atoms with Gasteiger partial charge in [-0.3, -0.25) is 4.79 Å². The Morgan fingerprint density at radius 1 is 1.08 bits per heavy atom. The van der Waals surface area contributed by atoms with E-state index in [4.69, 9.17) is 27.9 Å². The first-order valence-electron chi connectivity index (χ1n) is 8.05. The Balaban J connectivity index is 1.86. The fourth-order valence-electron chi connectivity index (χ4n) is 2.19. The van der Waals surface area contributed by atoms with Gasteiger partial charge in [0.15, 0.2) is 0 Å². The van der Waals surface area contributed by atoms with E-state index in [1.165, 1.54) is 6.42 Å². The van der Waals surface area contributed by atoms with Crippen LogP contribution in [0.4, 0.5) is 0 Å². The molecule has 0 fully saturated rings. The summed E-state index contributed by atoms with van der Waals surface area (Å²) in [5.41, 5.74) is 1.41. The molecule has 24 heavy (non-hydrogen) atoms. The number of hydrogen-bond acceptors (Lipinski definition) is 2. The maximum atomic E-state index is 12.2. The van der Waals surface area contributed by atoms with E-state index < -0.39 is 0 Å². The molecule has 0 radical (unpaired) electrons. The highest BCUT2D eigenvalue weighted by atomic mass is 35.5. The maximum absolute atomic E-state index is 12.2. The minimum atomic E-state index is -0.154. The first-order chi connectivity index (χ1) is 11.6. The van der Waals surface area contributed by atoms with Crippen molar-refractivity contribution in [2.75, 3.05) is 6.61 Å². The summed E-state index contributed by atoms with van der Waals surface area (Å²) in [5, 5.41) is 3.96. The lowest BCUT2D eigenvalue weighted by Crippen LogP contribution is -2.22. The van der Waals surface area contributed by atoms with Gasteiger partial charge in [0.05, 0.1) is 6.61 Å². The van der Waals surface area contributed by atoms with Crippen LogP contribution in [0.1, 0.15) is 42.1 Å². The Morgan fingerprint density at radius 3 is 2.50 bits per heavy atom. The first-order valence-corrected chi connectivity index (χ1v) is 8.80. The third-order valence-electron chi connectivity index (χ3n) is 3.59. The molecule has 0 atom stereocenters. The molecule has 0 aliphatic heterocycles. The van der Waals surface area contributed by atoms with Gasteiger partial charge in [0.1, 0.15) is 5.75 Å². The Kier molecular flexibility index (Phi) is 7.41. The van der Waals surface area contributed by atoms with Gasteiger partial charge in [0, 0.05) is 22.2 Å². The normalized spacial score (nSPS) is 10.5. The summed E-state index contributed by atoms with van der Waals surface area (Å²) in [6, 6.07) is 12.4. The van der Waals surface area contributed by atoms with E-state index in [2.05, 4.69) is 12.2 Å². The number of benzene rings is 2. The molecular weight excluding hydrogens is 345 g/mol. The number of halogens is 2. The van der Waals surface area contributed by atoms with Crippen molar-refractivity contribution >= 4 is 29.1 Å². The lowest BCUT2D eigenvalue weighted by atomic mass is 10.2. The highest BCUT2D eigenvalue weighted by Crippen LogP contribution is 2.21. The summed E-state index contributed by atoms with van der Waals surface area (Å²) in [6.45, 7) is 3.21. The monoisotopic (exact) mass is 365 g/mol. The second-order valence-corrected chi connectivity index (χ2v) is 6.34. The number of amides is 1. The van der Waals surface area contributed by atoms with Crippen LogP contribution in [0.25, 0.3) is 0 Å². The summed E-state index contributed by atoms with van der Waals surface area (Å²) in [7, 11) is 0. The minimum Gasteiger partial charge on any atom is -0.494 e. The Morgan fingerprint density at radius 2 is 1.83 bits per heavy atom. The highest BCUT2D eigenvalue weighted by molar-refractivity contribution is 6.35. The number of carbonyl (C=O) groups excluding carboxylic acids is 1. The van der Waals surface area contributed by atoms with E-state index >= 15 is 0 Å². The molecule has 0 aromatic heterocycles. The van der Waals surface area contributed by atoms with Crippen LogP contribution < -0.4 is 10.1 Å². The summed E-state index contributed by atoms with van der Waals surface area (Å²) in [5.74, 6) is 0.627. The molecule has 2 aromatic rings. The van der Waals surface area contributed by atoms with Gasteiger partial charge in [-0.15, -0.1) is 0 Å². The van der Waals surface area contributed by atoms with Crippen LogP contribution in [0.3, 0.4) is 0 Å². The molecule has 2 rings (SSSR count). The molecule has 128 valence electrons. The molecule has 0 bridgehead atoms.